The summed E-state index contributed by atoms with van der Waals surface area (Å²) in [6.45, 7) is 0.991. The van der Waals surface area contributed by atoms with Gasteiger partial charge in [-0.1, -0.05) is 35.3 Å². The molecule has 0 aromatic heterocycles. The number of esters is 1. The van der Waals surface area contributed by atoms with E-state index >= 15 is 0 Å². The number of carbonyl (C=O) groups excluding carboxylic acids is 2. The molecule has 0 radical (unpaired) electrons. The molecule has 8 heteroatoms. The van der Waals surface area contributed by atoms with Crippen molar-refractivity contribution in [3.8, 4) is 11.8 Å². The summed E-state index contributed by atoms with van der Waals surface area (Å²) in [7, 11) is 0. The minimum Gasteiger partial charge on any atom is -0.480 e. The van der Waals surface area contributed by atoms with E-state index in [1.807, 2.05) is 6.07 Å². The molecule has 1 unspecified atom stereocenters. The number of halogens is 2. The number of nitrogens with one attached hydrogen (secondary N) is 1. The predicted molar refractivity (Wildman–Crippen MR) is 97.3 cm³/mol. The first kappa shape index (κ1) is 19.6. The third-order valence-electron chi connectivity index (χ3n) is 3.22. The van der Waals surface area contributed by atoms with Gasteiger partial charge in [-0.15, -0.1) is 0 Å². The summed E-state index contributed by atoms with van der Waals surface area (Å²) in [4.78, 5) is 23.9. The Labute approximate surface area is 160 Å². The summed E-state index contributed by atoms with van der Waals surface area (Å²) in [5.41, 5.74) is 0.646. The highest BCUT2D eigenvalue weighted by atomic mass is 35.5. The Bertz CT molecular complexity index is 865. The monoisotopic (exact) mass is 392 g/mol. The van der Waals surface area contributed by atoms with E-state index in [1.54, 1.807) is 30.3 Å². The van der Waals surface area contributed by atoms with Crippen LogP contribution in [0.15, 0.2) is 42.5 Å². The van der Waals surface area contributed by atoms with Gasteiger partial charge in [-0.25, -0.2) is 4.79 Å². The molecule has 2 rings (SSSR count). The number of ether oxygens (including phenoxy) is 2. The molecule has 0 bridgehead atoms. The first-order chi connectivity index (χ1) is 12.4. The Balaban J connectivity index is 1.88. The summed E-state index contributed by atoms with van der Waals surface area (Å²) in [6, 6.07) is 13.0. The van der Waals surface area contributed by atoms with Crippen molar-refractivity contribution in [1.29, 1.82) is 5.26 Å². The van der Waals surface area contributed by atoms with Crippen LogP contribution in [0.4, 0.5) is 5.69 Å². The molecule has 26 heavy (non-hydrogen) atoms. The summed E-state index contributed by atoms with van der Waals surface area (Å²) in [5.74, 6) is -1.04. The Morgan fingerprint density at radius 2 is 1.96 bits per heavy atom. The average Bonchev–Trinajstić information content (AvgIpc) is 2.61. The van der Waals surface area contributed by atoms with Crippen LogP contribution in [0.25, 0.3) is 0 Å². The first-order valence-corrected chi connectivity index (χ1v) is 8.23. The van der Waals surface area contributed by atoms with Crippen LogP contribution in [-0.2, 0) is 14.3 Å². The predicted octanol–water partition coefficient (Wildman–Crippen LogP) is 3.81. The highest BCUT2D eigenvalue weighted by Crippen LogP contribution is 2.27. The van der Waals surface area contributed by atoms with Crippen molar-refractivity contribution >= 4 is 40.8 Å². The summed E-state index contributed by atoms with van der Waals surface area (Å²) in [5, 5.41) is 12.2. The fourth-order valence-electron chi connectivity index (χ4n) is 1.94. The third-order valence-corrected chi connectivity index (χ3v) is 3.75. The van der Waals surface area contributed by atoms with Crippen LogP contribution in [0.2, 0.25) is 10.0 Å². The number of amides is 1. The number of nitriles is 1. The van der Waals surface area contributed by atoms with Gasteiger partial charge in [0.05, 0.1) is 16.3 Å². The topological polar surface area (TPSA) is 88.4 Å². The molecule has 2 aromatic carbocycles. The van der Waals surface area contributed by atoms with Crippen molar-refractivity contribution in [2.75, 3.05) is 11.9 Å². The van der Waals surface area contributed by atoms with Gasteiger partial charge >= 0.3 is 5.97 Å². The average molecular weight is 393 g/mol. The molecule has 0 aliphatic heterocycles. The normalized spacial score (nSPS) is 11.2. The van der Waals surface area contributed by atoms with E-state index in [0.717, 1.165) is 0 Å². The van der Waals surface area contributed by atoms with E-state index in [2.05, 4.69) is 5.32 Å². The van der Waals surface area contributed by atoms with Gasteiger partial charge in [0.25, 0.3) is 5.91 Å². The number of rotatable bonds is 6. The van der Waals surface area contributed by atoms with Gasteiger partial charge in [-0.2, -0.15) is 5.26 Å². The van der Waals surface area contributed by atoms with Crippen molar-refractivity contribution in [2.45, 2.75) is 13.0 Å². The van der Waals surface area contributed by atoms with Gasteiger partial charge in [0.15, 0.2) is 12.7 Å². The number of hydrogen-bond acceptors (Lipinski definition) is 5. The van der Waals surface area contributed by atoms with Crippen LogP contribution >= 0.6 is 23.2 Å². The van der Waals surface area contributed by atoms with Gasteiger partial charge in [0.2, 0.25) is 0 Å². The molecule has 2 aromatic rings. The number of nitrogens with zero attached hydrogens (tertiary/aromatic N) is 1. The van der Waals surface area contributed by atoms with Crippen LogP contribution < -0.4 is 10.1 Å². The van der Waals surface area contributed by atoms with Gasteiger partial charge in [-0.3, -0.25) is 4.79 Å². The Morgan fingerprint density at radius 1 is 1.23 bits per heavy atom. The molecule has 0 saturated carbocycles. The van der Waals surface area contributed by atoms with Crippen LogP contribution in [-0.4, -0.2) is 24.6 Å². The second kappa shape index (κ2) is 9.09. The summed E-state index contributed by atoms with van der Waals surface area (Å²) >= 11 is 11.7. The lowest BCUT2D eigenvalue weighted by Crippen LogP contribution is -2.31. The SMILES string of the molecule is CC(OC(=O)COc1ccc(Cl)cc1Cl)C(=O)Nc1ccccc1C#N. The fourth-order valence-corrected chi connectivity index (χ4v) is 2.40. The quantitative estimate of drug-likeness (QED) is 0.754. The minimum atomic E-state index is -1.07. The van der Waals surface area contributed by atoms with Crippen molar-refractivity contribution in [1.82, 2.24) is 0 Å². The van der Waals surface area contributed by atoms with Crippen LogP contribution in [0.1, 0.15) is 12.5 Å². The zero-order valence-corrected chi connectivity index (χ0v) is 15.2. The second-order valence-electron chi connectivity index (χ2n) is 5.14. The number of carbonyl (C=O) groups is 2. The second-order valence-corrected chi connectivity index (χ2v) is 5.99. The van der Waals surface area contributed by atoms with Crippen molar-refractivity contribution < 1.29 is 19.1 Å². The molecule has 0 aliphatic carbocycles. The molecule has 0 saturated heterocycles. The first-order valence-electron chi connectivity index (χ1n) is 7.48. The van der Waals surface area contributed by atoms with E-state index < -0.39 is 24.6 Å². The van der Waals surface area contributed by atoms with Crippen LogP contribution in [0.5, 0.6) is 5.75 Å². The van der Waals surface area contributed by atoms with Gasteiger partial charge in [-0.05, 0) is 37.3 Å². The Morgan fingerprint density at radius 3 is 2.65 bits per heavy atom. The Hall–Kier alpha value is -2.75. The maximum atomic E-state index is 12.1. The molecule has 0 spiro atoms. The van der Waals surface area contributed by atoms with E-state index in [-0.39, 0.29) is 10.8 Å². The number of benzene rings is 2. The van der Waals surface area contributed by atoms with Gasteiger partial charge in [0, 0.05) is 5.02 Å². The standard InChI is InChI=1S/C18H14Cl2N2O4/c1-11(18(24)22-15-5-3-2-4-12(15)9-21)26-17(23)10-25-16-7-6-13(19)8-14(16)20/h2-8,11H,10H2,1H3,(H,22,24). The van der Waals surface area contributed by atoms with Crippen LogP contribution in [0.3, 0.4) is 0 Å². The maximum absolute atomic E-state index is 12.1. The zero-order chi connectivity index (χ0) is 19.1. The molecule has 0 aliphatic rings. The summed E-state index contributed by atoms with van der Waals surface area (Å²) < 4.78 is 10.3. The van der Waals surface area contributed by atoms with E-state index in [4.69, 9.17) is 37.9 Å². The molecule has 6 nitrogen and oxygen atoms in total. The molecule has 1 atom stereocenters. The summed E-state index contributed by atoms with van der Waals surface area (Å²) in [6.07, 6.45) is -1.07. The fraction of sp³-hybridized carbons (Fsp3) is 0.167. The molecular formula is C18H14Cl2N2O4. The largest absolute Gasteiger partial charge is 0.480 e. The highest BCUT2D eigenvalue weighted by Gasteiger charge is 2.19. The minimum absolute atomic E-state index is 0.254. The van der Waals surface area contributed by atoms with E-state index in [1.165, 1.54) is 19.1 Å². The van der Waals surface area contributed by atoms with Gasteiger partial charge < -0.3 is 14.8 Å². The van der Waals surface area contributed by atoms with Crippen molar-refractivity contribution in [3.05, 3.63) is 58.1 Å². The van der Waals surface area contributed by atoms with E-state index in [0.29, 0.717) is 16.3 Å². The lowest BCUT2D eigenvalue weighted by molar-refractivity contribution is -0.155. The number of hydrogen-bond donors (Lipinski definition) is 1. The Kier molecular flexibility index (Phi) is 6.84. The molecular weight excluding hydrogens is 379 g/mol. The van der Waals surface area contributed by atoms with E-state index in [9.17, 15) is 9.59 Å². The van der Waals surface area contributed by atoms with Crippen LogP contribution in [0, 0.1) is 11.3 Å². The zero-order valence-electron chi connectivity index (χ0n) is 13.7. The maximum Gasteiger partial charge on any atom is 0.344 e. The van der Waals surface area contributed by atoms with Gasteiger partial charge in [0.1, 0.15) is 11.8 Å². The molecule has 1 amide bonds. The molecule has 0 heterocycles. The lowest BCUT2D eigenvalue weighted by Gasteiger charge is -2.14. The smallest absolute Gasteiger partial charge is 0.344 e. The number of anilines is 1. The lowest BCUT2D eigenvalue weighted by atomic mass is 10.2. The highest BCUT2D eigenvalue weighted by molar-refractivity contribution is 6.35. The molecule has 134 valence electrons. The van der Waals surface area contributed by atoms with Crippen molar-refractivity contribution in [3.63, 3.8) is 0 Å². The van der Waals surface area contributed by atoms with Crippen molar-refractivity contribution in [2.24, 2.45) is 0 Å². The number of para-hydroxylation sites is 1. The molecule has 0 fully saturated rings. The molecule has 1 N–H and O–H groups in total. The third kappa shape index (κ3) is 5.38.